The highest BCUT2D eigenvalue weighted by molar-refractivity contribution is 5.82. The third-order valence-electron chi connectivity index (χ3n) is 5.91. The number of nitrogens with zero attached hydrogens (tertiary/aromatic N) is 3. The smallest absolute Gasteiger partial charge is 0.240 e. The Bertz CT molecular complexity index is 373. The van der Waals surface area contributed by atoms with Gasteiger partial charge in [0.2, 0.25) is 5.91 Å². The molecule has 0 radical (unpaired) electrons. The third kappa shape index (κ3) is 2.98. The van der Waals surface area contributed by atoms with Crippen molar-refractivity contribution in [3.05, 3.63) is 0 Å². The molecule has 3 saturated heterocycles. The zero-order chi connectivity index (χ0) is 14.8. The molecule has 0 N–H and O–H groups in total. The van der Waals surface area contributed by atoms with Crippen molar-refractivity contribution in [2.75, 3.05) is 33.2 Å². The molecule has 0 aliphatic carbocycles. The largest absolute Gasteiger partial charge is 0.337 e. The molecule has 3 aliphatic rings. The molecule has 3 atom stereocenters. The van der Waals surface area contributed by atoms with Crippen molar-refractivity contribution in [3.63, 3.8) is 0 Å². The summed E-state index contributed by atoms with van der Waals surface area (Å²) in [5.74, 6) is 0.430. The minimum atomic E-state index is 0.163. The van der Waals surface area contributed by atoms with Crippen LogP contribution in [0.2, 0.25) is 0 Å². The maximum absolute atomic E-state index is 13.1. The number of likely N-dealkylation sites (tertiary alicyclic amines) is 3. The van der Waals surface area contributed by atoms with Gasteiger partial charge in [-0.15, -0.1) is 0 Å². The minimum Gasteiger partial charge on any atom is -0.337 e. The van der Waals surface area contributed by atoms with Crippen LogP contribution in [0.15, 0.2) is 0 Å². The predicted octanol–water partition coefficient (Wildman–Crippen LogP) is 1.95. The lowest BCUT2D eigenvalue weighted by atomic mass is 9.98. The van der Waals surface area contributed by atoms with E-state index in [-0.39, 0.29) is 6.04 Å². The van der Waals surface area contributed by atoms with Crippen molar-refractivity contribution >= 4 is 5.91 Å². The molecule has 0 aromatic rings. The summed E-state index contributed by atoms with van der Waals surface area (Å²) in [4.78, 5) is 20.2. The van der Waals surface area contributed by atoms with Crippen molar-refractivity contribution < 1.29 is 4.79 Å². The van der Waals surface area contributed by atoms with Crippen LogP contribution in [0.3, 0.4) is 0 Å². The molecule has 0 unspecified atom stereocenters. The topological polar surface area (TPSA) is 26.8 Å². The lowest BCUT2D eigenvalue weighted by molar-refractivity contribution is -0.140. The van der Waals surface area contributed by atoms with E-state index in [9.17, 15) is 4.79 Å². The molecule has 21 heavy (non-hydrogen) atoms. The maximum Gasteiger partial charge on any atom is 0.240 e. The average Bonchev–Trinajstić information content (AvgIpc) is 3.14. The molecule has 0 spiro atoms. The fourth-order valence-corrected chi connectivity index (χ4v) is 4.73. The zero-order valence-electron chi connectivity index (χ0n) is 13.8. The van der Waals surface area contributed by atoms with E-state index >= 15 is 0 Å². The van der Waals surface area contributed by atoms with Gasteiger partial charge in [-0.05, 0) is 65.2 Å². The first-order valence-corrected chi connectivity index (χ1v) is 8.97. The summed E-state index contributed by atoms with van der Waals surface area (Å²) in [6.07, 6.45) is 8.51. The zero-order valence-corrected chi connectivity index (χ0v) is 13.8. The summed E-state index contributed by atoms with van der Waals surface area (Å²) in [6, 6.07) is 1.25. The van der Waals surface area contributed by atoms with Gasteiger partial charge in [-0.1, -0.05) is 13.3 Å². The molecule has 120 valence electrons. The number of carbonyl (C=O) groups is 1. The summed E-state index contributed by atoms with van der Waals surface area (Å²) in [7, 11) is 2.23. The van der Waals surface area contributed by atoms with Gasteiger partial charge >= 0.3 is 0 Å². The Hall–Kier alpha value is -0.610. The van der Waals surface area contributed by atoms with Gasteiger partial charge in [0, 0.05) is 18.6 Å². The lowest BCUT2D eigenvalue weighted by Gasteiger charge is -2.40. The Morgan fingerprint density at radius 2 is 1.71 bits per heavy atom. The summed E-state index contributed by atoms with van der Waals surface area (Å²) in [5, 5.41) is 0. The van der Waals surface area contributed by atoms with Crippen molar-refractivity contribution in [2.45, 2.75) is 70.0 Å². The standard InChI is InChI=1S/C17H31N3O/c1-3-19-12-5-4-8-16(19)17(21)20-13-7-10-15(20)14-9-6-11-18(14)2/h14-16H,3-13H2,1-2H3/t14-,15-,16-/m1/s1. The molecule has 0 saturated carbocycles. The molecular weight excluding hydrogens is 262 g/mol. The van der Waals surface area contributed by atoms with Crippen LogP contribution in [-0.2, 0) is 4.79 Å². The highest BCUT2D eigenvalue weighted by atomic mass is 16.2. The fourth-order valence-electron chi connectivity index (χ4n) is 4.73. The molecule has 0 aromatic carbocycles. The van der Waals surface area contributed by atoms with E-state index in [1.54, 1.807) is 0 Å². The Morgan fingerprint density at radius 3 is 2.43 bits per heavy atom. The average molecular weight is 293 g/mol. The molecule has 3 rings (SSSR count). The van der Waals surface area contributed by atoms with E-state index in [0.29, 0.717) is 18.0 Å². The molecule has 3 fully saturated rings. The Balaban J connectivity index is 1.70. The van der Waals surface area contributed by atoms with Crippen LogP contribution in [0.25, 0.3) is 0 Å². The minimum absolute atomic E-state index is 0.163. The van der Waals surface area contributed by atoms with Crippen LogP contribution in [0.4, 0.5) is 0 Å². The van der Waals surface area contributed by atoms with Crippen LogP contribution in [-0.4, -0.2) is 72.0 Å². The summed E-state index contributed by atoms with van der Waals surface area (Å²) < 4.78 is 0. The van der Waals surface area contributed by atoms with Gasteiger partial charge in [-0.3, -0.25) is 9.69 Å². The van der Waals surface area contributed by atoms with Crippen LogP contribution < -0.4 is 0 Å². The van der Waals surface area contributed by atoms with Crippen molar-refractivity contribution in [1.29, 1.82) is 0 Å². The van der Waals surface area contributed by atoms with E-state index in [0.717, 1.165) is 26.1 Å². The van der Waals surface area contributed by atoms with Crippen molar-refractivity contribution in [2.24, 2.45) is 0 Å². The fraction of sp³-hybridized carbons (Fsp3) is 0.941. The summed E-state index contributed by atoms with van der Waals surface area (Å²) in [5.41, 5.74) is 0. The number of rotatable bonds is 3. The van der Waals surface area contributed by atoms with E-state index in [1.807, 2.05) is 0 Å². The second-order valence-electron chi connectivity index (χ2n) is 7.07. The number of hydrogen-bond donors (Lipinski definition) is 0. The normalized spacial score (nSPS) is 35.5. The maximum atomic E-state index is 13.1. The number of piperidine rings is 1. The molecule has 3 aliphatic heterocycles. The highest BCUT2D eigenvalue weighted by Gasteiger charge is 2.41. The molecule has 0 aromatic heterocycles. The van der Waals surface area contributed by atoms with Gasteiger partial charge < -0.3 is 9.80 Å². The number of hydrogen-bond acceptors (Lipinski definition) is 3. The molecule has 4 heteroatoms. The first kappa shape index (κ1) is 15.3. The second-order valence-corrected chi connectivity index (χ2v) is 7.07. The Morgan fingerprint density at radius 1 is 0.952 bits per heavy atom. The van der Waals surface area contributed by atoms with Crippen LogP contribution >= 0.6 is 0 Å². The Kier molecular flexibility index (Phi) is 4.85. The van der Waals surface area contributed by atoms with Crippen molar-refractivity contribution in [1.82, 2.24) is 14.7 Å². The predicted molar refractivity (Wildman–Crippen MR) is 85.3 cm³/mol. The van der Waals surface area contributed by atoms with Gasteiger partial charge in [-0.2, -0.15) is 0 Å². The number of carbonyl (C=O) groups excluding carboxylic acids is 1. The monoisotopic (exact) mass is 293 g/mol. The molecule has 3 heterocycles. The van der Waals surface area contributed by atoms with Gasteiger partial charge in [0.25, 0.3) is 0 Å². The molecule has 0 bridgehead atoms. The highest BCUT2D eigenvalue weighted by Crippen LogP contribution is 2.31. The first-order chi connectivity index (χ1) is 10.2. The molecule has 1 amide bonds. The van der Waals surface area contributed by atoms with Gasteiger partial charge in [0.05, 0.1) is 6.04 Å². The second kappa shape index (κ2) is 6.66. The van der Waals surface area contributed by atoms with Crippen LogP contribution in [0, 0.1) is 0 Å². The lowest BCUT2D eigenvalue weighted by Crippen LogP contribution is -2.55. The third-order valence-corrected chi connectivity index (χ3v) is 5.91. The van der Waals surface area contributed by atoms with Gasteiger partial charge in [-0.25, -0.2) is 0 Å². The Labute approximate surface area is 129 Å². The summed E-state index contributed by atoms with van der Waals surface area (Å²) >= 11 is 0. The van der Waals surface area contributed by atoms with E-state index in [4.69, 9.17) is 0 Å². The first-order valence-electron chi connectivity index (χ1n) is 8.97. The number of likely N-dealkylation sites (N-methyl/N-ethyl adjacent to an activating group) is 2. The van der Waals surface area contributed by atoms with E-state index in [2.05, 4.69) is 28.7 Å². The SMILES string of the molecule is CCN1CCCC[C@@H]1C(=O)N1CCC[C@@H]1[C@H]1CCCN1C. The number of amides is 1. The van der Waals surface area contributed by atoms with Gasteiger partial charge in [0.15, 0.2) is 0 Å². The molecular formula is C17H31N3O. The van der Waals surface area contributed by atoms with Crippen molar-refractivity contribution in [3.8, 4) is 0 Å². The van der Waals surface area contributed by atoms with E-state index < -0.39 is 0 Å². The summed E-state index contributed by atoms with van der Waals surface area (Å²) in [6.45, 7) is 6.50. The molecule has 4 nitrogen and oxygen atoms in total. The quantitative estimate of drug-likeness (QED) is 0.796. The van der Waals surface area contributed by atoms with E-state index in [1.165, 1.54) is 45.1 Å². The van der Waals surface area contributed by atoms with Crippen LogP contribution in [0.5, 0.6) is 0 Å². The van der Waals surface area contributed by atoms with Crippen LogP contribution in [0.1, 0.15) is 51.9 Å². The van der Waals surface area contributed by atoms with Gasteiger partial charge in [0.1, 0.15) is 0 Å².